The summed E-state index contributed by atoms with van der Waals surface area (Å²) in [5, 5.41) is 10.7. The summed E-state index contributed by atoms with van der Waals surface area (Å²) in [4.78, 5) is 46.6. The number of aromatic nitrogens is 2. The second kappa shape index (κ2) is 13.4. The lowest BCUT2D eigenvalue weighted by atomic mass is 10.2. The number of rotatable bonds is 14. The van der Waals surface area contributed by atoms with Crippen molar-refractivity contribution >= 4 is 33.5 Å². The third-order valence-corrected chi connectivity index (χ3v) is 6.03. The van der Waals surface area contributed by atoms with Gasteiger partial charge in [-0.1, -0.05) is 6.92 Å². The van der Waals surface area contributed by atoms with Crippen LogP contribution in [0, 0.1) is 6.92 Å². The second-order valence-corrected chi connectivity index (χ2v) is 8.64. The lowest BCUT2D eigenvalue weighted by Gasteiger charge is -2.24. The second-order valence-electron chi connectivity index (χ2n) is 7.64. The minimum Gasteiger partial charge on any atom is -0.463 e. The highest BCUT2D eigenvalue weighted by Crippen LogP contribution is 2.27. The fourth-order valence-electron chi connectivity index (χ4n) is 3.35. The zero-order chi connectivity index (χ0) is 24.4. The van der Waals surface area contributed by atoms with Gasteiger partial charge in [0.2, 0.25) is 0 Å². The van der Waals surface area contributed by atoms with Crippen molar-refractivity contribution in [3.8, 4) is 0 Å². The van der Waals surface area contributed by atoms with Crippen LogP contribution in [0.3, 0.4) is 0 Å². The number of aliphatic hydroxyl groups is 1. The molecule has 10 nitrogen and oxygen atoms in total. The third-order valence-electron chi connectivity index (χ3n) is 4.87. The van der Waals surface area contributed by atoms with E-state index in [-0.39, 0.29) is 37.8 Å². The van der Waals surface area contributed by atoms with Crippen LogP contribution < -0.4 is 5.56 Å². The first kappa shape index (κ1) is 26.9. The molecule has 0 fully saturated rings. The van der Waals surface area contributed by atoms with Gasteiger partial charge in [-0.3, -0.25) is 14.5 Å². The molecule has 0 aliphatic carbocycles. The summed E-state index contributed by atoms with van der Waals surface area (Å²) in [5.41, 5.74) is 0.222. The maximum Gasteiger partial charge on any atom is 0.348 e. The van der Waals surface area contributed by atoms with Crippen molar-refractivity contribution in [1.29, 1.82) is 0 Å². The van der Waals surface area contributed by atoms with Crippen molar-refractivity contribution in [2.75, 3.05) is 40.0 Å². The van der Waals surface area contributed by atoms with Crippen LogP contribution in [0.2, 0.25) is 0 Å². The molecule has 184 valence electrons. The summed E-state index contributed by atoms with van der Waals surface area (Å²) in [6, 6.07) is 0. The van der Waals surface area contributed by atoms with E-state index < -0.39 is 12.1 Å². The quantitative estimate of drug-likeness (QED) is 0.306. The number of fused-ring (bicyclic) bond motifs is 1. The SMILES string of the molecule is CCCC(=O)OC[C@H](O)CN(CCCOC)Cc1nc2sc(C(=O)OCC)c(C)c2c(=O)[nH]1. The summed E-state index contributed by atoms with van der Waals surface area (Å²) in [7, 11) is 1.61. The number of carbonyl (C=O) groups excluding carboxylic acids is 2. The number of nitrogens with zero attached hydrogens (tertiary/aromatic N) is 2. The van der Waals surface area contributed by atoms with Gasteiger partial charge in [0.25, 0.3) is 5.56 Å². The van der Waals surface area contributed by atoms with Crippen molar-refractivity contribution in [1.82, 2.24) is 14.9 Å². The van der Waals surface area contributed by atoms with E-state index in [0.717, 1.165) is 11.3 Å². The van der Waals surface area contributed by atoms with Crippen LogP contribution in [0.4, 0.5) is 0 Å². The standard InChI is InChI=1S/C22H33N3O7S/c1-5-8-17(27)32-13-15(26)11-25(9-7-10-30-4)12-16-23-20(28)18-14(3)19(22(29)31-6-2)33-21(18)24-16/h15,26H,5-13H2,1-4H3,(H,23,24,28)/t15-/m1/s1. The largest absolute Gasteiger partial charge is 0.463 e. The van der Waals surface area contributed by atoms with E-state index in [9.17, 15) is 19.5 Å². The van der Waals surface area contributed by atoms with Gasteiger partial charge in [-0.25, -0.2) is 9.78 Å². The number of H-pyrrole nitrogens is 1. The van der Waals surface area contributed by atoms with E-state index in [1.165, 1.54) is 0 Å². The molecule has 0 radical (unpaired) electrons. The Bertz CT molecular complexity index is 988. The van der Waals surface area contributed by atoms with Gasteiger partial charge in [0.05, 0.1) is 18.5 Å². The molecule has 0 aromatic carbocycles. The number of aromatic amines is 1. The molecule has 2 aromatic heterocycles. The molecular formula is C22H33N3O7S. The molecule has 0 amide bonds. The maximum atomic E-state index is 12.7. The first-order valence-electron chi connectivity index (χ1n) is 11.0. The van der Waals surface area contributed by atoms with Crippen LogP contribution in [0.15, 0.2) is 4.79 Å². The number of aliphatic hydroxyl groups excluding tert-OH is 1. The molecular weight excluding hydrogens is 450 g/mol. The molecule has 2 heterocycles. The molecule has 0 saturated carbocycles. The Morgan fingerprint density at radius 1 is 1.27 bits per heavy atom. The lowest BCUT2D eigenvalue weighted by Crippen LogP contribution is -2.37. The van der Waals surface area contributed by atoms with Gasteiger partial charge < -0.3 is 24.3 Å². The van der Waals surface area contributed by atoms with Crippen LogP contribution in [0.25, 0.3) is 10.2 Å². The van der Waals surface area contributed by atoms with E-state index in [1.54, 1.807) is 21.0 Å². The average Bonchev–Trinajstić information content (AvgIpc) is 3.09. The number of hydrogen-bond donors (Lipinski definition) is 2. The highest BCUT2D eigenvalue weighted by molar-refractivity contribution is 7.20. The van der Waals surface area contributed by atoms with Gasteiger partial charge >= 0.3 is 11.9 Å². The van der Waals surface area contributed by atoms with E-state index in [4.69, 9.17) is 14.2 Å². The average molecular weight is 484 g/mol. The zero-order valence-corrected chi connectivity index (χ0v) is 20.5. The number of hydrogen-bond acceptors (Lipinski definition) is 10. The number of methoxy groups -OCH3 is 1. The van der Waals surface area contributed by atoms with Gasteiger partial charge in [-0.2, -0.15) is 0 Å². The van der Waals surface area contributed by atoms with Crippen LogP contribution in [0.5, 0.6) is 0 Å². The number of esters is 2. The molecule has 0 unspecified atom stereocenters. The Labute approximate surface area is 196 Å². The lowest BCUT2D eigenvalue weighted by molar-refractivity contribution is -0.147. The van der Waals surface area contributed by atoms with Gasteiger partial charge in [0, 0.05) is 33.2 Å². The molecule has 2 rings (SSSR count). The predicted molar refractivity (Wildman–Crippen MR) is 125 cm³/mol. The molecule has 0 spiro atoms. The molecule has 2 aromatic rings. The summed E-state index contributed by atoms with van der Waals surface area (Å²) in [6.07, 6.45) is 0.808. The first-order chi connectivity index (χ1) is 15.8. The van der Waals surface area contributed by atoms with Gasteiger partial charge in [0.1, 0.15) is 28.2 Å². The smallest absolute Gasteiger partial charge is 0.348 e. The monoisotopic (exact) mass is 483 g/mol. The highest BCUT2D eigenvalue weighted by Gasteiger charge is 2.21. The van der Waals surface area contributed by atoms with Crippen LogP contribution in [-0.4, -0.2) is 78.0 Å². The van der Waals surface area contributed by atoms with Crippen LogP contribution in [-0.2, 0) is 25.5 Å². The molecule has 1 atom stereocenters. The summed E-state index contributed by atoms with van der Waals surface area (Å²) < 4.78 is 15.3. The van der Waals surface area contributed by atoms with E-state index in [2.05, 4.69) is 9.97 Å². The Kier molecular flexibility index (Phi) is 10.9. The number of nitrogens with one attached hydrogen (secondary N) is 1. The summed E-state index contributed by atoms with van der Waals surface area (Å²) in [5.74, 6) is -0.401. The van der Waals surface area contributed by atoms with Gasteiger partial charge in [-0.15, -0.1) is 11.3 Å². The Morgan fingerprint density at radius 3 is 2.70 bits per heavy atom. The van der Waals surface area contributed by atoms with E-state index in [0.29, 0.717) is 58.9 Å². The van der Waals surface area contributed by atoms with Gasteiger partial charge in [0.15, 0.2) is 0 Å². The molecule has 0 saturated heterocycles. The Hall–Kier alpha value is -2.34. The van der Waals surface area contributed by atoms with E-state index in [1.807, 2.05) is 11.8 Å². The molecule has 33 heavy (non-hydrogen) atoms. The van der Waals surface area contributed by atoms with Crippen LogP contribution in [0.1, 0.15) is 54.2 Å². The number of carbonyl (C=O) groups is 2. The summed E-state index contributed by atoms with van der Waals surface area (Å²) in [6.45, 7) is 7.05. The predicted octanol–water partition coefficient (Wildman–Crippen LogP) is 2.01. The van der Waals surface area contributed by atoms with Crippen molar-refractivity contribution in [3.63, 3.8) is 0 Å². The van der Waals surface area contributed by atoms with Crippen molar-refractivity contribution in [2.45, 2.75) is 52.7 Å². The zero-order valence-electron chi connectivity index (χ0n) is 19.6. The van der Waals surface area contributed by atoms with Crippen molar-refractivity contribution < 1.29 is 28.9 Å². The van der Waals surface area contributed by atoms with E-state index >= 15 is 0 Å². The van der Waals surface area contributed by atoms with Crippen LogP contribution >= 0.6 is 11.3 Å². The maximum absolute atomic E-state index is 12.7. The topological polar surface area (TPSA) is 131 Å². The molecule has 0 bridgehead atoms. The molecule has 11 heteroatoms. The van der Waals surface area contributed by atoms with Crippen molar-refractivity contribution in [2.24, 2.45) is 0 Å². The van der Waals surface area contributed by atoms with Gasteiger partial charge in [-0.05, 0) is 32.3 Å². The van der Waals surface area contributed by atoms with Crippen molar-refractivity contribution in [3.05, 3.63) is 26.6 Å². The number of thiophene rings is 1. The number of ether oxygens (including phenoxy) is 3. The minimum atomic E-state index is -0.886. The number of aryl methyl sites for hydroxylation is 1. The fraction of sp³-hybridized carbons (Fsp3) is 0.636. The fourth-order valence-corrected chi connectivity index (χ4v) is 4.44. The molecule has 0 aliphatic rings. The third kappa shape index (κ3) is 7.88. The molecule has 0 aliphatic heterocycles. The molecule has 2 N–H and O–H groups in total. The Morgan fingerprint density at radius 2 is 2.03 bits per heavy atom. The summed E-state index contributed by atoms with van der Waals surface area (Å²) >= 11 is 1.13. The Balaban J connectivity index is 2.18. The first-order valence-corrected chi connectivity index (χ1v) is 11.9. The normalized spacial score (nSPS) is 12.3. The highest BCUT2D eigenvalue weighted by atomic mass is 32.1. The minimum absolute atomic E-state index is 0.102.